The lowest BCUT2D eigenvalue weighted by Crippen LogP contribution is -1.90. The third-order valence-corrected chi connectivity index (χ3v) is 2.70. The maximum absolute atomic E-state index is 4.27. The smallest absolute Gasteiger partial charge is 0.0113 e. The van der Waals surface area contributed by atoms with Crippen LogP contribution in [0.15, 0.2) is 47.6 Å². The van der Waals surface area contributed by atoms with Crippen molar-refractivity contribution in [2.24, 2.45) is 0 Å². The van der Waals surface area contributed by atoms with Crippen LogP contribution >= 0.6 is 12.6 Å². The van der Waals surface area contributed by atoms with Crippen molar-refractivity contribution in [2.45, 2.75) is 33.6 Å². The lowest BCUT2D eigenvalue weighted by molar-refractivity contribution is 0.916. The molecule has 0 aromatic carbocycles. The minimum Gasteiger partial charge on any atom is -0.175 e. The molecule has 15 heavy (non-hydrogen) atoms. The highest BCUT2D eigenvalue weighted by Crippen LogP contribution is 2.21. The fourth-order valence-electron chi connectivity index (χ4n) is 1.48. The van der Waals surface area contributed by atoms with Crippen LogP contribution in [0.5, 0.6) is 0 Å². The number of hydrogen-bond acceptors (Lipinski definition) is 1. The van der Waals surface area contributed by atoms with Gasteiger partial charge in [0.1, 0.15) is 0 Å². The van der Waals surface area contributed by atoms with Gasteiger partial charge in [0, 0.05) is 5.75 Å². The molecule has 0 aliphatic rings. The van der Waals surface area contributed by atoms with Gasteiger partial charge in [-0.1, -0.05) is 49.8 Å². The van der Waals surface area contributed by atoms with Crippen molar-refractivity contribution in [3.63, 3.8) is 0 Å². The summed E-state index contributed by atoms with van der Waals surface area (Å²) >= 11 is 4.27. The van der Waals surface area contributed by atoms with E-state index < -0.39 is 0 Å². The van der Waals surface area contributed by atoms with Gasteiger partial charge in [-0.05, 0) is 31.4 Å². The van der Waals surface area contributed by atoms with Gasteiger partial charge < -0.3 is 0 Å². The van der Waals surface area contributed by atoms with Crippen molar-refractivity contribution in [1.29, 1.82) is 0 Å². The first kappa shape index (κ1) is 14.3. The first-order valence-electron chi connectivity index (χ1n) is 5.36. The highest BCUT2D eigenvalue weighted by molar-refractivity contribution is 7.80. The Morgan fingerprint density at radius 1 is 1.33 bits per heavy atom. The van der Waals surface area contributed by atoms with Gasteiger partial charge in [-0.3, -0.25) is 0 Å². The second kappa shape index (κ2) is 7.58. The van der Waals surface area contributed by atoms with Crippen LogP contribution in [0.3, 0.4) is 0 Å². The van der Waals surface area contributed by atoms with Crippen LogP contribution in [0.25, 0.3) is 0 Å². The van der Waals surface area contributed by atoms with Gasteiger partial charge in [-0.15, -0.1) is 0 Å². The Labute approximate surface area is 99.9 Å². The quantitative estimate of drug-likeness (QED) is 0.488. The zero-order valence-electron chi connectivity index (χ0n) is 10.1. The Morgan fingerprint density at radius 2 is 1.93 bits per heavy atom. The Balaban J connectivity index is 5.24. The lowest BCUT2D eigenvalue weighted by atomic mass is 9.97. The van der Waals surface area contributed by atoms with Crippen LogP contribution in [-0.4, -0.2) is 5.75 Å². The van der Waals surface area contributed by atoms with Crippen molar-refractivity contribution in [1.82, 2.24) is 0 Å². The van der Waals surface area contributed by atoms with E-state index in [0.29, 0.717) is 0 Å². The zero-order chi connectivity index (χ0) is 11.8. The lowest BCUT2D eigenvalue weighted by Gasteiger charge is -2.09. The molecule has 0 heterocycles. The number of hydrogen-bond donors (Lipinski definition) is 1. The second-order valence-electron chi connectivity index (χ2n) is 3.82. The van der Waals surface area contributed by atoms with Crippen LogP contribution < -0.4 is 0 Å². The molecule has 0 radical (unpaired) electrons. The summed E-state index contributed by atoms with van der Waals surface area (Å²) in [5, 5.41) is 0. The molecule has 0 spiro atoms. The molecule has 0 unspecified atom stereocenters. The van der Waals surface area contributed by atoms with E-state index in [1.807, 2.05) is 13.0 Å². The molecule has 0 aliphatic carbocycles. The fourth-order valence-corrected chi connectivity index (χ4v) is 1.57. The number of rotatable bonds is 6. The molecular weight excluding hydrogens is 200 g/mol. The van der Waals surface area contributed by atoms with Crippen LogP contribution in [-0.2, 0) is 0 Å². The molecular formula is C14H22S. The van der Waals surface area contributed by atoms with Crippen LogP contribution in [0.1, 0.15) is 33.6 Å². The van der Waals surface area contributed by atoms with Gasteiger partial charge in [0.15, 0.2) is 0 Å². The maximum atomic E-state index is 4.27. The third kappa shape index (κ3) is 5.08. The molecule has 0 saturated heterocycles. The summed E-state index contributed by atoms with van der Waals surface area (Å²) in [6.45, 7) is 14.1. The molecule has 84 valence electrons. The summed E-state index contributed by atoms with van der Waals surface area (Å²) in [4.78, 5) is 0. The van der Waals surface area contributed by atoms with Gasteiger partial charge >= 0.3 is 0 Å². The first-order valence-corrected chi connectivity index (χ1v) is 5.99. The molecule has 0 nitrogen and oxygen atoms in total. The molecule has 0 amide bonds. The van der Waals surface area contributed by atoms with Crippen molar-refractivity contribution in [3.05, 3.63) is 47.6 Å². The summed E-state index contributed by atoms with van der Waals surface area (Å²) in [5.74, 6) is 0.799. The summed E-state index contributed by atoms with van der Waals surface area (Å²) in [5.41, 5.74) is 4.86. The molecule has 0 fully saturated rings. The van der Waals surface area contributed by atoms with Gasteiger partial charge in [0.25, 0.3) is 0 Å². The minimum atomic E-state index is 0.799. The van der Waals surface area contributed by atoms with Crippen molar-refractivity contribution in [2.75, 3.05) is 5.75 Å². The monoisotopic (exact) mass is 222 g/mol. The Hall–Kier alpha value is -0.690. The minimum absolute atomic E-state index is 0.799. The molecule has 0 bridgehead atoms. The normalized spacial score (nSPS) is 13.5. The highest BCUT2D eigenvalue weighted by atomic mass is 32.1. The number of thiol groups is 1. The Morgan fingerprint density at radius 3 is 2.27 bits per heavy atom. The highest BCUT2D eigenvalue weighted by Gasteiger charge is 2.02. The van der Waals surface area contributed by atoms with Gasteiger partial charge in [-0.25, -0.2) is 0 Å². The standard InChI is InChI=1S/C14H22S/c1-6-8-13(9-12(5)10-15)14(7-2)11(3)4/h7,9,15H,2-3,6,8,10H2,1,4-5H3/b12-9+,14-13+. The van der Waals surface area contributed by atoms with Gasteiger partial charge in [0.05, 0.1) is 0 Å². The van der Waals surface area contributed by atoms with Crippen molar-refractivity contribution in [3.8, 4) is 0 Å². The largest absolute Gasteiger partial charge is 0.175 e. The van der Waals surface area contributed by atoms with E-state index in [0.717, 1.165) is 24.2 Å². The number of allylic oxidation sites excluding steroid dienone is 5. The van der Waals surface area contributed by atoms with Crippen LogP contribution in [0, 0.1) is 0 Å². The maximum Gasteiger partial charge on any atom is 0.0113 e. The van der Waals surface area contributed by atoms with E-state index in [2.05, 4.69) is 45.7 Å². The molecule has 0 saturated carbocycles. The van der Waals surface area contributed by atoms with Crippen LogP contribution in [0.4, 0.5) is 0 Å². The van der Waals surface area contributed by atoms with Crippen LogP contribution in [0.2, 0.25) is 0 Å². The SMILES string of the molecule is C=C/C(C(=C)C)=C(\C=C(/C)CS)CCC. The second-order valence-corrected chi connectivity index (χ2v) is 4.14. The van der Waals surface area contributed by atoms with E-state index in [4.69, 9.17) is 0 Å². The summed E-state index contributed by atoms with van der Waals surface area (Å²) in [6.07, 6.45) is 6.31. The Kier molecular flexibility index (Phi) is 7.23. The molecule has 0 atom stereocenters. The molecule has 1 heteroatoms. The molecule has 0 rings (SSSR count). The first-order chi connectivity index (χ1) is 7.06. The zero-order valence-corrected chi connectivity index (χ0v) is 11.0. The van der Waals surface area contributed by atoms with E-state index in [9.17, 15) is 0 Å². The fraction of sp³-hybridized carbons (Fsp3) is 0.429. The van der Waals surface area contributed by atoms with Gasteiger partial charge in [0.2, 0.25) is 0 Å². The summed E-state index contributed by atoms with van der Waals surface area (Å²) in [7, 11) is 0. The van der Waals surface area contributed by atoms with Gasteiger partial charge in [-0.2, -0.15) is 12.6 Å². The van der Waals surface area contributed by atoms with Crippen molar-refractivity contribution < 1.29 is 0 Å². The topological polar surface area (TPSA) is 0 Å². The van der Waals surface area contributed by atoms with E-state index in [1.165, 1.54) is 16.7 Å². The molecule has 0 N–H and O–H groups in total. The van der Waals surface area contributed by atoms with E-state index >= 15 is 0 Å². The predicted molar refractivity (Wildman–Crippen MR) is 74.6 cm³/mol. The van der Waals surface area contributed by atoms with E-state index in [-0.39, 0.29) is 0 Å². The summed E-state index contributed by atoms with van der Waals surface area (Å²) < 4.78 is 0. The Bertz CT molecular complexity index is 292. The average molecular weight is 222 g/mol. The molecule has 0 aliphatic heterocycles. The molecule has 0 aromatic rings. The average Bonchev–Trinajstić information content (AvgIpc) is 2.18. The predicted octanol–water partition coefficient (Wildman–Crippen LogP) is 4.72. The molecule has 0 aromatic heterocycles. The van der Waals surface area contributed by atoms with Crippen molar-refractivity contribution >= 4 is 12.6 Å². The summed E-state index contributed by atoms with van der Waals surface area (Å²) in [6, 6.07) is 0. The van der Waals surface area contributed by atoms with E-state index in [1.54, 1.807) is 0 Å². The third-order valence-electron chi connectivity index (χ3n) is 2.20.